The molecule has 132 valence electrons. The number of amides is 1. The maximum absolute atomic E-state index is 11.9. The number of rotatable bonds is 8. The van der Waals surface area contributed by atoms with E-state index in [1.165, 1.54) is 7.11 Å². The second kappa shape index (κ2) is 9.32. The minimum atomic E-state index is -0.302. The van der Waals surface area contributed by atoms with Crippen molar-refractivity contribution in [3.05, 3.63) is 54.1 Å². The summed E-state index contributed by atoms with van der Waals surface area (Å²) < 4.78 is 15.4. The first-order valence-corrected chi connectivity index (χ1v) is 7.92. The van der Waals surface area contributed by atoms with Crippen molar-refractivity contribution in [2.24, 2.45) is 0 Å². The summed E-state index contributed by atoms with van der Waals surface area (Å²) in [6, 6.07) is 14.1. The van der Waals surface area contributed by atoms with E-state index in [1.54, 1.807) is 48.5 Å². The molecule has 1 N–H and O–H groups in total. The first-order valence-electron chi connectivity index (χ1n) is 7.92. The smallest absolute Gasteiger partial charge is 0.309 e. The van der Waals surface area contributed by atoms with E-state index in [2.05, 4.69) is 10.1 Å². The lowest BCUT2D eigenvalue weighted by atomic mass is 10.1. The minimum Gasteiger partial charge on any atom is -0.494 e. The molecule has 6 heteroatoms. The Labute approximate surface area is 146 Å². The largest absolute Gasteiger partial charge is 0.494 e. The number of ether oxygens (including phenoxy) is 3. The van der Waals surface area contributed by atoms with Gasteiger partial charge >= 0.3 is 5.97 Å². The molecule has 0 saturated carbocycles. The van der Waals surface area contributed by atoms with Gasteiger partial charge in [-0.05, 0) is 48.9 Å². The van der Waals surface area contributed by atoms with E-state index in [0.717, 1.165) is 11.3 Å². The molecule has 0 fully saturated rings. The zero-order chi connectivity index (χ0) is 18.1. The number of carbonyl (C=O) groups excluding carboxylic acids is 2. The molecular formula is C19H21NO5. The van der Waals surface area contributed by atoms with E-state index in [4.69, 9.17) is 9.47 Å². The molecular weight excluding hydrogens is 322 g/mol. The number of anilines is 1. The van der Waals surface area contributed by atoms with Crippen LogP contribution in [0, 0.1) is 0 Å². The number of hydrogen-bond donors (Lipinski definition) is 1. The van der Waals surface area contributed by atoms with Gasteiger partial charge in [0.1, 0.15) is 11.5 Å². The van der Waals surface area contributed by atoms with Crippen molar-refractivity contribution in [2.75, 3.05) is 25.6 Å². The van der Waals surface area contributed by atoms with E-state index in [0.29, 0.717) is 18.0 Å². The molecule has 0 spiro atoms. The minimum absolute atomic E-state index is 0.108. The predicted molar refractivity (Wildman–Crippen MR) is 93.9 cm³/mol. The molecule has 0 aromatic heterocycles. The van der Waals surface area contributed by atoms with E-state index in [1.807, 2.05) is 6.92 Å². The average molecular weight is 343 g/mol. The number of carbonyl (C=O) groups is 2. The van der Waals surface area contributed by atoms with Gasteiger partial charge in [0.05, 0.1) is 20.1 Å². The summed E-state index contributed by atoms with van der Waals surface area (Å²) in [5, 5.41) is 2.75. The van der Waals surface area contributed by atoms with Gasteiger partial charge in [0.25, 0.3) is 5.91 Å². The highest BCUT2D eigenvalue weighted by atomic mass is 16.5. The molecule has 6 nitrogen and oxygen atoms in total. The number of benzene rings is 2. The van der Waals surface area contributed by atoms with Gasteiger partial charge in [0.15, 0.2) is 6.61 Å². The quantitative estimate of drug-likeness (QED) is 0.746. The highest BCUT2D eigenvalue weighted by Crippen LogP contribution is 2.16. The summed E-state index contributed by atoms with van der Waals surface area (Å²) in [7, 11) is 1.35. The van der Waals surface area contributed by atoms with Crippen LogP contribution in [0.4, 0.5) is 5.69 Å². The molecule has 0 heterocycles. The molecule has 0 atom stereocenters. The van der Waals surface area contributed by atoms with E-state index in [9.17, 15) is 9.59 Å². The second-order valence-corrected chi connectivity index (χ2v) is 5.19. The van der Waals surface area contributed by atoms with Crippen molar-refractivity contribution >= 4 is 17.6 Å². The lowest BCUT2D eigenvalue weighted by Gasteiger charge is -2.09. The first-order chi connectivity index (χ1) is 12.1. The maximum atomic E-state index is 11.9. The average Bonchev–Trinajstić information content (AvgIpc) is 2.63. The number of hydrogen-bond acceptors (Lipinski definition) is 5. The topological polar surface area (TPSA) is 73.9 Å². The third-order valence-electron chi connectivity index (χ3n) is 3.32. The molecule has 1 amide bonds. The third-order valence-corrected chi connectivity index (χ3v) is 3.32. The van der Waals surface area contributed by atoms with Crippen LogP contribution in [-0.2, 0) is 20.7 Å². The summed E-state index contributed by atoms with van der Waals surface area (Å²) in [5.74, 6) is 0.741. The highest BCUT2D eigenvalue weighted by Gasteiger charge is 2.06. The van der Waals surface area contributed by atoms with Gasteiger partial charge < -0.3 is 19.5 Å². The van der Waals surface area contributed by atoms with Crippen molar-refractivity contribution in [1.82, 2.24) is 0 Å². The van der Waals surface area contributed by atoms with Crippen LogP contribution in [0.2, 0.25) is 0 Å². The van der Waals surface area contributed by atoms with Crippen LogP contribution in [0.25, 0.3) is 0 Å². The van der Waals surface area contributed by atoms with Crippen molar-refractivity contribution < 1.29 is 23.8 Å². The molecule has 0 aliphatic heterocycles. The van der Waals surface area contributed by atoms with Gasteiger partial charge in [-0.25, -0.2) is 0 Å². The third kappa shape index (κ3) is 6.18. The maximum Gasteiger partial charge on any atom is 0.309 e. The second-order valence-electron chi connectivity index (χ2n) is 5.19. The molecule has 0 radical (unpaired) electrons. The fraction of sp³-hybridized carbons (Fsp3) is 0.263. The lowest BCUT2D eigenvalue weighted by molar-refractivity contribution is -0.139. The number of methoxy groups -OCH3 is 1. The molecule has 2 aromatic rings. The normalized spacial score (nSPS) is 10.0. The predicted octanol–water partition coefficient (Wildman–Crippen LogP) is 2.82. The number of nitrogens with one attached hydrogen (secondary N) is 1. The summed E-state index contributed by atoms with van der Waals surface area (Å²) >= 11 is 0. The zero-order valence-electron chi connectivity index (χ0n) is 14.3. The summed E-state index contributed by atoms with van der Waals surface area (Å²) in [5.41, 5.74) is 1.49. The monoisotopic (exact) mass is 343 g/mol. The van der Waals surface area contributed by atoms with E-state index >= 15 is 0 Å². The Hall–Kier alpha value is -3.02. The van der Waals surface area contributed by atoms with Crippen molar-refractivity contribution in [2.45, 2.75) is 13.3 Å². The van der Waals surface area contributed by atoms with Crippen LogP contribution >= 0.6 is 0 Å². The fourth-order valence-electron chi connectivity index (χ4n) is 2.09. The van der Waals surface area contributed by atoms with Gasteiger partial charge in [-0.15, -0.1) is 0 Å². The molecule has 2 aromatic carbocycles. The van der Waals surface area contributed by atoms with Gasteiger partial charge in [0, 0.05) is 5.69 Å². The van der Waals surface area contributed by atoms with Gasteiger partial charge in [-0.1, -0.05) is 12.1 Å². The Morgan fingerprint density at radius 1 is 0.920 bits per heavy atom. The SMILES string of the molecule is CCOc1ccc(NC(=O)COc2ccc(CC(=O)OC)cc2)cc1. The summed E-state index contributed by atoms with van der Waals surface area (Å²) in [4.78, 5) is 23.1. The van der Waals surface area contributed by atoms with Gasteiger partial charge in [-0.2, -0.15) is 0 Å². The fourth-order valence-corrected chi connectivity index (χ4v) is 2.09. The standard InChI is InChI=1S/C19H21NO5/c1-3-24-16-10-6-15(7-11-16)20-18(21)13-25-17-8-4-14(5-9-17)12-19(22)23-2/h4-11H,3,12-13H2,1-2H3,(H,20,21). The first kappa shape index (κ1) is 18.3. The van der Waals surface area contributed by atoms with E-state index < -0.39 is 0 Å². The Morgan fingerprint density at radius 2 is 1.52 bits per heavy atom. The van der Waals surface area contributed by atoms with Crippen LogP contribution < -0.4 is 14.8 Å². The highest BCUT2D eigenvalue weighted by molar-refractivity contribution is 5.91. The molecule has 0 aliphatic carbocycles. The Balaban J connectivity index is 1.80. The lowest BCUT2D eigenvalue weighted by Crippen LogP contribution is -2.20. The van der Waals surface area contributed by atoms with E-state index in [-0.39, 0.29) is 24.9 Å². The Bertz CT molecular complexity index is 695. The summed E-state index contributed by atoms with van der Waals surface area (Å²) in [6.07, 6.45) is 0.203. The van der Waals surface area contributed by atoms with Crippen molar-refractivity contribution in [3.8, 4) is 11.5 Å². The van der Waals surface area contributed by atoms with Crippen LogP contribution in [0.1, 0.15) is 12.5 Å². The Morgan fingerprint density at radius 3 is 2.12 bits per heavy atom. The Kier molecular flexibility index (Phi) is 6.83. The zero-order valence-corrected chi connectivity index (χ0v) is 14.3. The van der Waals surface area contributed by atoms with Crippen LogP contribution in [0.5, 0.6) is 11.5 Å². The van der Waals surface area contributed by atoms with Gasteiger partial charge in [0.2, 0.25) is 0 Å². The molecule has 0 saturated heterocycles. The van der Waals surface area contributed by atoms with Crippen molar-refractivity contribution in [3.63, 3.8) is 0 Å². The van der Waals surface area contributed by atoms with Crippen LogP contribution in [0.3, 0.4) is 0 Å². The number of esters is 1. The molecule has 2 rings (SSSR count). The van der Waals surface area contributed by atoms with Crippen LogP contribution in [0.15, 0.2) is 48.5 Å². The molecule has 0 unspecified atom stereocenters. The molecule has 25 heavy (non-hydrogen) atoms. The van der Waals surface area contributed by atoms with Crippen molar-refractivity contribution in [1.29, 1.82) is 0 Å². The summed E-state index contributed by atoms with van der Waals surface area (Å²) in [6.45, 7) is 2.40. The molecule has 0 aliphatic rings. The van der Waals surface area contributed by atoms with Gasteiger partial charge in [-0.3, -0.25) is 9.59 Å². The molecule has 0 bridgehead atoms. The van der Waals surface area contributed by atoms with Crippen LogP contribution in [-0.4, -0.2) is 32.2 Å².